The van der Waals surface area contributed by atoms with Crippen molar-refractivity contribution in [3.63, 3.8) is 0 Å². The molecule has 2 aromatic rings. The molecular formula is C19H17NO2. The molecule has 0 radical (unpaired) electrons. The van der Waals surface area contributed by atoms with Crippen LogP contribution in [0.5, 0.6) is 5.75 Å². The van der Waals surface area contributed by atoms with Gasteiger partial charge in [0.1, 0.15) is 11.2 Å². The monoisotopic (exact) mass is 291 g/mol. The van der Waals surface area contributed by atoms with Crippen molar-refractivity contribution in [1.82, 2.24) is 0 Å². The van der Waals surface area contributed by atoms with Crippen molar-refractivity contribution in [3.8, 4) is 11.8 Å². The highest BCUT2D eigenvalue weighted by atomic mass is 16.5. The van der Waals surface area contributed by atoms with Crippen LogP contribution in [-0.2, 0) is 10.2 Å². The largest absolute Gasteiger partial charge is 0.425 e. The Labute approximate surface area is 130 Å². The first-order chi connectivity index (χ1) is 10.4. The summed E-state index contributed by atoms with van der Waals surface area (Å²) in [6, 6.07) is 17.4. The first kappa shape index (κ1) is 14.3. The summed E-state index contributed by atoms with van der Waals surface area (Å²) in [5.74, 6) is 0.161. The van der Waals surface area contributed by atoms with Crippen LogP contribution >= 0.6 is 0 Å². The third-order valence-corrected chi connectivity index (χ3v) is 4.47. The molecule has 0 bridgehead atoms. The number of fused-ring (bicyclic) bond motifs is 1. The Balaban J connectivity index is 2.42. The Bertz CT molecular complexity index is 787. The molecule has 0 fully saturated rings. The van der Waals surface area contributed by atoms with Crippen LogP contribution in [0.3, 0.4) is 0 Å². The van der Waals surface area contributed by atoms with Crippen LogP contribution in [0.25, 0.3) is 0 Å². The van der Waals surface area contributed by atoms with Gasteiger partial charge in [0.15, 0.2) is 0 Å². The highest BCUT2D eigenvalue weighted by Gasteiger charge is 2.60. The number of hydrogen-bond donors (Lipinski definition) is 0. The van der Waals surface area contributed by atoms with E-state index in [0.717, 1.165) is 16.7 Å². The zero-order valence-corrected chi connectivity index (χ0v) is 12.9. The second kappa shape index (κ2) is 4.71. The zero-order valence-electron chi connectivity index (χ0n) is 12.9. The lowest BCUT2D eigenvalue weighted by atomic mass is 9.59. The predicted molar refractivity (Wildman–Crippen MR) is 83.4 cm³/mol. The fourth-order valence-electron chi connectivity index (χ4n) is 3.31. The number of esters is 1. The van der Waals surface area contributed by atoms with Crippen molar-refractivity contribution in [2.45, 2.75) is 26.2 Å². The predicted octanol–water partition coefficient (Wildman–Crippen LogP) is 3.75. The summed E-state index contributed by atoms with van der Waals surface area (Å²) >= 11 is 0. The van der Waals surface area contributed by atoms with Gasteiger partial charge in [0.25, 0.3) is 0 Å². The lowest BCUT2D eigenvalue weighted by Crippen LogP contribution is -2.47. The molecule has 2 aromatic carbocycles. The highest BCUT2D eigenvalue weighted by Crippen LogP contribution is 2.54. The second-order valence-electron chi connectivity index (χ2n) is 6.24. The number of rotatable bonds is 2. The van der Waals surface area contributed by atoms with Gasteiger partial charge in [-0.05, 0) is 32.4 Å². The average Bonchev–Trinajstić information content (AvgIpc) is 2.81. The van der Waals surface area contributed by atoms with Gasteiger partial charge in [0, 0.05) is 5.56 Å². The summed E-state index contributed by atoms with van der Waals surface area (Å²) in [6.45, 7) is 5.55. The Morgan fingerprint density at radius 1 is 1.14 bits per heavy atom. The molecule has 0 N–H and O–H groups in total. The molecule has 0 aromatic heterocycles. The highest BCUT2D eigenvalue weighted by molar-refractivity contribution is 5.96. The number of aryl methyl sites for hydroxylation is 1. The molecule has 0 aliphatic carbocycles. The smallest absolute Gasteiger partial charge is 0.328 e. The minimum Gasteiger partial charge on any atom is -0.425 e. The second-order valence-corrected chi connectivity index (χ2v) is 6.24. The van der Waals surface area contributed by atoms with E-state index in [1.807, 2.05) is 49.4 Å². The van der Waals surface area contributed by atoms with Crippen LogP contribution in [0.1, 0.15) is 30.5 Å². The molecule has 0 amide bonds. The normalized spacial score (nSPS) is 20.2. The van der Waals surface area contributed by atoms with Crippen molar-refractivity contribution in [3.05, 3.63) is 65.2 Å². The van der Waals surface area contributed by atoms with E-state index in [1.165, 1.54) is 0 Å². The van der Waals surface area contributed by atoms with Crippen LogP contribution in [0.4, 0.5) is 0 Å². The molecule has 1 aliphatic heterocycles. The first-order valence-corrected chi connectivity index (χ1v) is 7.23. The maximum Gasteiger partial charge on any atom is 0.328 e. The molecule has 0 saturated carbocycles. The molecule has 3 heteroatoms. The van der Waals surface area contributed by atoms with E-state index in [1.54, 1.807) is 19.9 Å². The molecule has 1 unspecified atom stereocenters. The Kier molecular flexibility index (Phi) is 3.07. The van der Waals surface area contributed by atoms with Gasteiger partial charge in [-0.2, -0.15) is 5.26 Å². The van der Waals surface area contributed by atoms with E-state index in [9.17, 15) is 10.1 Å². The molecule has 0 saturated heterocycles. The third kappa shape index (κ3) is 1.70. The average molecular weight is 291 g/mol. The van der Waals surface area contributed by atoms with Crippen molar-refractivity contribution in [1.29, 1.82) is 5.26 Å². The molecule has 0 spiro atoms. The van der Waals surface area contributed by atoms with Crippen molar-refractivity contribution >= 4 is 5.97 Å². The summed E-state index contributed by atoms with van der Waals surface area (Å²) in [6.07, 6.45) is 0. The summed E-state index contributed by atoms with van der Waals surface area (Å²) in [5.41, 5.74) is 0.548. The maximum absolute atomic E-state index is 12.9. The molecule has 1 aliphatic rings. The summed E-state index contributed by atoms with van der Waals surface area (Å²) in [4.78, 5) is 12.9. The molecule has 1 atom stereocenters. The van der Waals surface area contributed by atoms with Crippen molar-refractivity contribution in [2.24, 2.45) is 5.41 Å². The van der Waals surface area contributed by atoms with E-state index in [-0.39, 0.29) is 5.97 Å². The van der Waals surface area contributed by atoms with E-state index in [4.69, 9.17) is 4.74 Å². The minimum atomic E-state index is -1.11. The van der Waals surface area contributed by atoms with Gasteiger partial charge in [-0.15, -0.1) is 0 Å². The quantitative estimate of drug-likeness (QED) is 0.625. The molecule has 3 rings (SSSR count). The van der Waals surface area contributed by atoms with Gasteiger partial charge in [0.05, 0.1) is 11.5 Å². The lowest BCUT2D eigenvalue weighted by Gasteiger charge is -2.37. The summed E-state index contributed by atoms with van der Waals surface area (Å²) in [7, 11) is 0. The van der Waals surface area contributed by atoms with Gasteiger partial charge >= 0.3 is 5.97 Å². The fraction of sp³-hybridized carbons (Fsp3) is 0.263. The molecular weight excluding hydrogens is 274 g/mol. The number of nitriles is 1. The Morgan fingerprint density at radius 2 is 1.82 bits per heavy atom. The molecule has 3 nitrogen and oxygen atoms in total. The number of carbonyl (C=O) groups is 1. The van der Waals surface area contributed by atoms with E-state index >= 15 is 0 Å². The standard InChI is InChI=1S/C19H17NO2/c1-13-9-10-16-15(11-13)19(17(21)22-16,18(2,3)12-20)14-7-5-4-6-8-14/h4-11H,1-3H3. The lowest BCUT2D eigenvalue weighted by molar-refractivity contribution is -0.139. The number of carbonyl (C=O) groups excluding carboxylic acids is 1. The Hall–Kier alpha value is -2.60. The zero-order chi connectivity index (χ0) is 16.0. The van der Waals surface area contributed by atoms with Crippen LogP contribution in [-0.4, -0.2) is 5.97 Å². The van der Waals surface area contributed by atoms with Gasteiger partial charge in [-0.1, -0.05) is 48.0 Å². The Morgan fingerprint density at radius 3 is 2.45 bits per heavy atom. The van der Waals surface area contributed by atoms with E-state index in [0.29, 0.717) is 5.75 Å². The number of ether oxygens (including phenoxy) is 1. The topological polar surface area (TPSA) is 50.1 Å². The number of nitrogens with zero attached hydrogens (tertiary/aromatic N) is 1. The minimum absolute atomic E-state index is 0.383. The first-order valence-electron chi connectivity index (χ1n) is 7.23. The van der Waals surface area contributed by atoms with Gasteiger partial charge in [-0.25, -0.2) is 0 Å². The summed E-state index contributed by atoms with van der Waals surface area (Å²) < 4.78 is 5.53. The fourth-order valence-corrected chi connectivity index (χ4v) is 3.31. The van der Waals surface area contributed by atoms with Crippen LogP contribution in [0, 0.1) is 23.7 Å². The summed E-state index contributed by atoms with van der Waals surface area (Å²) in [5, 5.41) is 9.74. The molecule has 110 valence electrons. The van der Waals surface area contributed by atoms with Gasteiger partial charge in [0.2, 0.25) is 0 Å². The third-order valence-electron chi connectivity index (χ3n) is 4.47. The number of hydrogen-bond acceptors (Lipinski definition) is 3. The van der Waals surface area contributed by atoms with Crippen LogP contribution < -0.4 is 4.74 Å². The molecule has 1 heterocycles. The SMILES string of the molecule is Cc1ccc2c(c1)C(c1ccccc1)(C(C)(C)C#N)C(=O)O2. The van der Waals surface area contributed by atoms with Crippen LogP contribution in [0.15, 0.2) is 48.5 Å². The van der Waals surface area contributed by atoms with Crippen LogP contribution in [0.2, 0.25) is 0 Å². The van der Waals surface area contributed by atoms with Gasteiger partial charge < -0.3 is 4.74 Å². The van der Waals surface area contributed by atoms with Gasteiger partial charge in [-0.3, -0.25) is 4.79 Å². The van der Waals surface area contributed by atoms with E-state index < -0.39 is 10.8 Å². The van der Waals surface area contributed by atoms with E-state index in [2.05, 4.69) is 6.07 Å². The number of benzene rings is 2. The van der Waals surface area contributed by atoms with Crippen molar-refractivity contribution < 1.29 is 9.53 Å². The maximum atomic E-state index is 12.9. The van der Waals surface area contributed by atoms with Crippen molar-refractivity contribution in [2.75, 3.05) is 0 Å². The molecule has 22 heavy (non-hydrogen) atoms.